The molecule has 0 radical (unpaired) electrons. The number of nitrogens with zero attached hydrogens (tertiary/aromatic N) is 3. The van der Waals surface area contributed by atoms with Gasteiger partial charge in [-0.1, -0.05) is 23.2 Å². The van der Waals surface area contributed by atoms with Crippen LogP contribution in [0.15, 0.2) is 46.0 Å². The van der Waals surface area contributed by atoms with Crippen molar-refractivity contribution in [1.82, 2.24) is 14.0 Å². The molecular weight excluding hydrogens is 591 g/mol. The van der Waals surface area contributed by atoms with E-state index in [1.54, 1.807) is 30.0 Å². The summed E-state index contributed by atoms with van der Waals surface area (Å²) in [6.45, 7) is 5.85. The number of hydrogen-bond acceptors (Lipinski definition) is 7. The van der Waals surface area contributed by atoms with Gasteiger partial charge in [-0.15, -0.1) is 11.3 Å². The van der Waals surface area contributed by atoms with Gasteiger partial charge in [0.2, 0.25) is 5.91 Å². The number of thiophene rings is 1. The molecule has 13 heteroatoms. The van der Waals surface area contributed by atoms with Gasteiger partial charge in [0.25, 0.3) is 11.5 Å². The molecule has 0 aliphatic heterocycles. The van der Waals surface area contributed by atoms with Crippen molar-refractivity contribution in [3.8, 4) is 17.2 Å². The number of hydrogen-bond donors (Lipinski definition) is 1. The lowest BCUT2D eigenvalue weighted by Gasteiger charge is -2.17. The first-order valence-electron chi connectivity index (χ1n) is 12.6. The first kappa shape index (κ1) is 30.2. The largest absolute Gasteiger partial charge is 0.497 e. The van der Waals surface area contributed by atoms with Gasteiger partial charge in [-0.25, -0.2) is 9.36 Å². The first-order valence-corrected chi connectivity index (χ1v) is 14.2. The number of aromatic nitrogens is 2. The molecule has 0 spiro atoms. The van der Waals surface area contributed by atoms with Gasteiger partial charge < -0.3 is 19.7 Å². The molecule has 216 valence electrons. The fourth-order valence-corrected chi connectivity index (χ4v) is 5.98. The molecule has 2 aromatic heterocycles. The molecule has 0 aliphatic rings. The third-order valence-electron chi connectivity index (χ3n) is 6.60. The highest BCUT2D eigenvalue weighted by Gasteiger charge is 2.26. The van der Waals surface area contributed by atoms with Crippen LogP contribution in [0.4, 0.5) is 5.69 Å². The Morgan fingerprint density at radius 1 is 1.00 bits per heavy atom. The zero-order valence-electron chi connectivity index (χ0n) is 23.0. The Labute approximate surface area is 249 Å². The predicted molar refractivity (Wildman–Crippen MR) is 162 cm³/mol. The highest BCUT2D eigenvalue weighted by molar-refractivity contribution is 7.20. The monoisotopic (exact) mass is 618 g/mol. The zero-order chi connectivity index (χ0) is 30.0. The maximum atomic E-state index is 13.9. The summed E-state index contributed by atoms with van der Waals surface area (Å²) in [6.07, 6.45) is 0. The number of ether oxygens (including phenoxy) is 2. The second kappa shape index (κ2) is 12.4. The van der Waals surface area contributed by atoms with E-state index in [4.69, 9.17) is 32.7 Å². The fourth-order valence-electron chi connectivity index (χ4n) is 4.43. The van der Waals surface area contributed by atoms with Crippen LogP contribution in [0, 0.1) is 6.92 Å². The van der Waals surface area contributed by atoms with Crippen molar-refractivity contribution < 1.29 is 19.1 Å². The van der Waals surface area contributed by atoms with Crippen molar-refractivity contribution in [1.29, 1.82) is 0 Å². The minimum absolute atomic E-state index is 0.144. The van der Waals surface area contributed by atoms with E-state index in [0.29, 0.717) is 40.7 Å². The number of rotatable bonds is 9. The number of aryl methyl sites for hydroxylation is 1. The average molecular weight is 620 g/mol. The van der Waals surface area contributed by atoms with Crippen LogP contribution >= 0.6 is 34.5 Å². The van der Waals surface area contributed by atoms with E-state index in [1.165, 1.54) is 37.0 Å². The van der Waals surface area contributed by atoms with Crippen molar-refractivity contribution in [3.05, 3.63) is 77.7 Å². The Balaban J connectivity index is 1.92. The van der Waals surface area contributed by atoms with E-state index in [1.807, 2.05) is 13.8 Å². The van der Waals surface area contributed by atoms with Crippen LogP contribution < -0.4 is 26.0 Å². The fraction of sp³-hybridized carbons (Fsp3) is 0.286. The quantitative estimate of drug-likeness (QED) is 0.283. The smallest absolute Gasteiger partial charge is 0.337 e. The number of amides is 2. The molecule has 4 rings (SSSR count). The molecule has 0 bridgehead atoms. The molecule has 41 heavy (non-hydrogen) atoms. The van der Waals surface area contributed by atoms with Gasteiger partial charge in [0.05, 0.1) is 45.9 Å². The van der Waals surface area contributed by atoms with Crippen molar-refractivity contribution in [2.75, 3.05) is 32.6 Å². The summed E-state index contributed by atoms with van der Waals surface area (Å²) in [6, 6.07) is 9.23. The van der Waals surface area contributed by atoms with Crippen LogP contribution in [0.2, 0.25) is 10.0 Å². The Kier molecular flexibility index (Phi) is 9.11. The van der Waals surface area contributed by atoms with Crippen LogP contribution in [0.25, 0.3) is 15.9 Å². The highest BCUT2D eigenvalue weighted by atomic mass is 35.5. The van der Waals surface area contributed by atoms with E-state index < -0.39 is 23.7 Å². The molecule has 0 atom stereocenters. The number of benzene rings is 2. The van der Waals surface area contributed by atoms with Crippen molar-refractivity contribution in [2.24, 2.45) is 0 Å². The van der Waals surface area contributed by atoms with Gasteiger partial charge in [0, 0.05) is 19.2 Å². The number of halogens is 2. The second-order valence-electron chi connectivity index (χ2n) is 8.94. The summed E-state index contributed by atoms with van der Waals surface area (Å²) in [5, 5.41) is 3.30. The lowest BCUT2D eigenvalue weighted by atomic mass is 10.2. The molecule has 2 aromatic carbocycles. The Hall–Kier alpha value is -3.80. The zero-order valence-corrected chi connectivity index (χ0v) is 25.4. The van der Waals surface area contributed by atoms with Crippen LogP contribution in [0.1, 0.15) is 29.1 Å². The summed E-state index contributed by atoms with van der Waals surface area (Å²) < 4.78 is 12.7. The molecule has 0 saturated heterocycles. The topological polar surface area (TPSA) is 112 Å². The average Bonchev–Trinajstić information content (AvgIpc) is 3.30. The van der Waals surface area contributed by atoms with E-state index in [2.05, 4.69) is 5.32 Å². The van der Waals surface area contributed by atoms with Gasteiger partial charge >= 0.3 is 5.69 Å². The van der Waals surface area contributed by atoms with E-state index in [0.717, 1.165) is 15.9 Å². The second-order valence-corrected chi connectivity index (χ2v) is 10.7. The van der Waals surface area contributed by atoms with Crippen molar-refractivity contribution in [3.63, 3.8) is 0 Å². The normalized spacial score (nSPS) is 11.0. The SMILES string of the molecule is CCN(CC)C(=O)c1sc2c(c1C)c(=O)n(-c1ccc(Cl)c(Cl)c1)c(=O)n2CC(=O)Nc1ccc(OC)cc1OC. The number of methoxy groups -OCH3 is 2. The van der Waals surface area contributed by atoms with Gasteiger partial charge in [0.1, 0.15) is 22.9 Å². The molecule has 0 unspecified atom stereocenters. The molecular formula is C28H28Cl2N4O6S. The Morgan fingerprint density at radius 3 is 2.32 bits per heavy atom. The number of carbonyl (C=O) groups is 2. The molecule has 0 aliphatic carbocycles. The standard InChI is InChI=1S/C28H28Cl2N4O6S/c1-6-32(7-2)26(37)24-15(3)23-25(36)34(16-8-10-18(29)19(30)12-16)28(38)33(27(23)41-24)14-22(35)31-20-11-9-17(39-4)13-21(20)40-5/h8-13H,6-7,14H2,1-5H3,(H,31,35). The van der Waals surface area contributed by atoms with Crippen LogP contribution in [-0.4, -0.2) is 53.2 Å². The van der Waals surface area contributed by atoms with Crippen LogP contribution in [0.5, 0.6) is 11.5 Å². The summed E-state index contributed by atoms with van der Waals surface area (Å²) in [5.74, 6) is 0.0699. The van der Waals surface area contributed by atoms with Gasteiger partial charge in [-0.05, 0) is 56.7 Å². The minimum Gasteiger partial charge on any atom is -0.497 e. The molecule has 2 heterocycles. The predicted octanol–water partition coefficient (Wildman–Crippen LogP) is 4.97. The Bertz CT molecular complexity index is 1770. The Morgan fingerprint density at radius 2 is 1.71 bits per heavy atom. The number of nitrogens with one attached hydrogen (secondary N) is 1. The maximum Gasteiger partial charge on any atom is 0.337 e. The lowest BCUT2D eigenvalue weighted by molar-refractivity contribution is -0.116. The van der Waals surface area contributed by atoms with Crippen molar-refractivity contribution in [2.45, 2.75) is 27.3 Å². The maximum absolute atomic E-state index is 13.9. The summed E-state index contributed by atoms with van der Waals surface area (Å²) in [5.41, 5.74) is -0.457. The van der Waals surface area contributed by atoms with Crippen LogP contribution in [0.3, 0.4) is 0 Å². The third kappa shape index (κ3) is 5.70. The number of carbonyl (C=O) groups excluding carboxylic acids is 2. The summed E-state index contributed by atoms with van der Waals surface area (Å²) in [7, 11) is 2.96. The number of fused-ring (bicyclic) bond motifs is 1. The van der Waals surface area contributed by atoms with Crippen LogP contribution in [-0.2, 0) is 11.3 Å². The lowest BCUT2D eigenvalue weighted by Crippen LogP contribution is -2.40. The van der Waals surface area contributed by atoms with E-state index in [9.17, 15) is 19.2 Å². The molecule has 4 aromatic rings. The van der Waals surface area contributed by atoms with Gasteiger partial charge in [-0.2, -0.15) is 0 Å². The number of anilines is 1. The summed E-state index contributed by atoms with van der Waals surface area (Å²) >= 11 is 13.3. The van der Waals surface area contributed by atoms with E-state index >= 15 is 0 Å². The van der Waals surface area contributed by atoms with Gasteiger partial charge in [-0.3, -0.25) is 19.0 Å². The first-order chi connectivity index (χ1) is 19.6. The highest BCUT2D eigenvalue weighted by Crippen LogP contribution is 2.31. The van der Waals surface area contributed by atoms with Crippen molar-refractivity contribution >= 4 is 62.3 Å². The summed E-state index contributed by atoms with van der Waals surface area (Å²) in [4.78, 5) is 56.5. The van der Waals surface area contributed by atoms with Gasteiger partial charge in [0.15, 0.2) is 0 Å². The molecule has 0 saturated carbocycles. The van der Waals surface area contributed by atoms with E-state index in [-0.39, 0.29) is 31.9 Å². The molecule has 0 fully saturated rings. The minimum atomic E-state index is -0.777. The third-order valence-corrected chi connectivity index (χ3v) is 8.65. The molecule has 1 N–H and O–H groups in total. The molecule has 2 amide bonds. The molecule has 10 nitrogen and oxygen atoms in total.